The fraction of sp³-hybridized carbons (Fsp3) is 0.133. The number of hydrogen-bond acceptors (Lipinski definition) is 6. The van der Waals surface area contributed by atoms with Crippen molar-refractivity contribution in [3.05, 3.63) is 116 Å². The Morgan fingerprint density at radius 1 is 0.525 bits per heavy atom. The Bertz CT molecular complexity index is 1780. The van der Waals surface area contributed by atoms with E-state index in [4.69, 9.17) is 0 Å². The maximum atomic E-state index is 11.8. The molecular weight excluding hydrogens is 508 g/mol. The van der Waals surface area contributed by atoms with Gasteiger partial charge in [0.25, 0.3) is 0 Å². The number of H-pyrrole nitrogens is 2. The molecule has 2 aromatic carbocycles. The molecule has 40 heavy (non-hydrogen) atoms. The monoisotopic (exact) mass is 534 g/mol. The number of nitrogens with zero attached hydrogens (tertiary/aromatic N) is 2. The maximum absolute atomic E-state index is 11.8. The van der Waals surface area contributed by atoms with Crippen LogP contribution in [-0.4, -0.2) is 23.1 Å². The number of anilines is 2. The van der Waals surface area contributed by atoms with Gasteiger partial charge >= 0.3 is 0 Å². The van der Waals surface area contributed by atoms with E-state index < -0.39 is 0 Å². The molecule has 6 rings (SSSR count). The molecular formula is C30H26N6O4-2. The third-order valence-corrected chi connectivity index (χ3v) is 7.12. The van der Waals surface area contributed by atoms with Gasteiger partial charge in [-0.1, -0.05) is 48.5 Å². The predicted octanol–water partition coefficient (Wildman–Crippen LogP) is 4.70. The molecule has 0 bridgehead atoms. The van der Waals surface area contributed by atoms with E-state index in [1.54, 1.807) is 12.1 Å². The maximum Gasteiger partial charge on any atom is 0.234 e. The van der Waals surface area contributed by atoms with Gasteiger partial charge in [-0.15, -0.1) is 0 Å². The molecule has 0 amide bonds. The van der Waals surface area contributed by atoms with Gasteiger partial charge in [0.15, 0.2) is 0 Å². The second-order valence-corrected chi connectivity index (χ2v) is 9.57. The van der Waals surface area contributed by atoms with Crippen molar-refractivity contribution < 1.29 is 0 Å². The molecule has 0 saturated heterocycles. The van der Waals surface area contributed by atoms with Crippen LogP contribution in [0.25, 0.3) is 44.3 Å². The average molecular weight is 535 g/mol. The zero-order chi connectivity index (χ0) is 27.6. The molecule has 0 saturated carbocycles. The zero-order valence-electron chi connectivity index (χ0n) is 21.4. The third kappa shape index (κ3) is 4.45. The fourth-order valence-corrected chi connectivity index (χ4v) is 5.34. The molecule has 0 spiro atoms. The lowest BCUT2D eigenvalue weighted by Crippen LogP contribution is -2.23. The number of unbranched alkanes of at least 4 members (excludes halogenated alkanes) is 1. The van der Waals surface area contributed by atoms with Crippen molar-refractivity contribution in [1.82, 2.24) is 19.8 Å². The Balaban J connectivity index is 1.24. The van der Waals surface area contributed by atoms with Crippen LogP contribution in [0.3, 0.4) is 0 Å². The van der Waals surface area contributed by atoms with Crippen molar-refractivity contribution in [1.29, 1.82) is 0 Å². The molecule has 0 unspecified atom stereocenters. The van der Waals surface area contributed by atoms with E-state index in [0.29, 0.717) is 35.6 Å². The summed E-state index contributed by atoms with van der Waals surface area (Å²) in [5.74, 6) is 0. The number of benzene rings is 4. The summed E-state index contributed by atoms with van der Waals surface area (Å²) in [4.78, 5) is 5.91. The summed E-state index contributed by atoms with van der Waals surface area (Å²) in [6.45, 7) is 1.20. The normalized spacial score (nSPS) is 11.3. The summed E-state index contributed by atoms with van der Waals surface area (Å²) in [6, 6.07) is 25.6. The molecule has 0 fully saturated rings. The first kappa shape index (κ1) is 24.9. The highest BCUT2D eigenvalue weighted by Crippen LogP contribution is 2.34. The first-order chi connectivity index (χ1) is 19.5. The molecule has 202 valence electrons. The van der Waals surface area contributed by atoms with E-state index in [9.17, 15) is 20.8 Å². The van der Waals surface area contributed by atoms with Crippen molar-refractivity contribution in [3.63, 3.8) is 0 Å². The third-order valence-electron chi connectivity index (χ3n) is 7.12. The highest BCUT2D eigenvalue weighted by molar-refractivity contribution is 6.01. The Morgan fingerprint density at radius 2 is 0.950 bits per heavy atom. The van der Waals surface area contributed by atoms with Crippen LogP contribution >= 0.6 is 0 Å². The van der Waals surface area contributed by atoms with Crippen molar-refractivity contribution in [2.24, 2.45) is 0 Å². The molecule has 10 nitrogen and oxygen atoms in total. The van der Waals surface area contributed by atoms with E-state index in [2.05, 4.69) is 20.6 Å². The highest BCUT2D eigenvalue weighted by atomic mass is 16.8. The van der Waals surface area contributed by atoms with Crippen molar-refractivity contribution >= 4 is 33.2 Å². The molecule has 0 atom stereocenters. The molecule has 2 aliphatic carbocycles. The quantitative estimate of drug-likeness (QED) is 0.132. The molecule has 4 aliphatic rings. The van der Waals surface area contributed by atoms with Crippen LogP contribution in [0.1, 0.15) is 12.8 Å². The standard InChI is InChI=1S/C30H26N6O4/c37-35(38)25-15-7-13-23-27(25)29(19-9-1-3-11-21(19)33-23)31-17-5-6-18-32-30-20-10-2-4-12-22(20)34-24-14-8-16-26(28(24)30)36(39)40/h1-4,7-16,31-34H,5-6,17-18H2/q-2. The van der Waals surface area contributed by atoms with Crippen LogP contribution in [0.4, 0.5) is 11.4 Å². The summed E-state index contributed by atoms with van der Waals surface area (Å²) in [5.41, 5.74) is 5.73. The number of para-hydroxylation sites is 2. The molecule has 2 heterocycles. The summed E-state index contributed by atoms with van der Waals surface area (Å²) < 4.78 is 0. The van der Waals surface area contributed by atoms with E-state index in [1.165, 1.54) is 12.1 Å². The van der Waals surface area contributed by atoms with Gasteiger partial charge in [-0.2, -0.15) is 9.80 Å². The van der Waals surface area contributed by atoms with E-state index in [1.807, 2.05) is 60.7 Å². The van der Waals surface area contributed by atoms with Gasteiger partial charge in [-0.3, -0.25) is 0 Å². The first-order valence-electron chi connectivity index (χ1n) is 13.0. The van der Waals surface area contributed by atoms with E-state index in [0.717, 1.165) is 46.0 Å². The van der Waals surface area contributed by atoms with Gasteiger partial charge in [0.2, 0.25) is 10.7 Å². The smallest absolute Gasteiger partial charge is 0.234 e. The fourth-order valence-electron chi connectivity index (χ4n) is 5.34. The molecule has 4 N–H and O–H groups in total. The lowest BCUT2D eigenvalue weighted by atomic mass is 10.0. The molecule has 0 radical (unpaired) electrons. The lowest BCUT2D eigenvalue weighted by molar-refractivity contribution is 0.796. The lowest BCUT2D eigenvalue weighted by Gasteiger charge is -2.19. The largest absolute Gasteiger partial charge is 0.612 e. The average Bonchev–Trinajstić information content (AvgIpc) is 2.97. The number of nitrogens with one attached hydrogen (secondary N) is 4. The van der Waals surface area contributed by atoms with Gasteiger partial charge in [0.05, 0.1) is 33.9 Å². The Labute approximate surface area is 228 Å². The van der Waals surface area contributed by atoms with Crippen LogP contribution in [-0.2, 0) is 0 Å². The highest BCUT2D eigenvalue weighted by Gasteiger charge is 2.19. The van der Waals surface area contributed by atoms with Crippen molar-refractivity contribution in [3.8, 4) is 22.5 Å². The van der Waals surface area contributed by atoms with Crippen LogP contribution in [0.15, 0.2) is 84.9 Å². The molecule has 2 aromatic rings. The minimum Gasteiger partial charge on any atom is -0.612 e. The summed E-state index contributed by atoms with van der Waals surface area (Å²) >= 11 is 0. The number of aromatic nitrogens is 2. The number of rotatable bonds is 7. The number of hydrogen-bond donors (Lipinski definition) is 4. The molecule has 0 aromatic heterocycles. The van der Waals surface area contributed by atoms with Gasteiger partial charge in [-0.05, 0) is 37.1 Å². The van der Waals surface area contributed by atoms with E-state index >= 15 is 0 Å². The van der Waals surface area contributed by atoms with Crippen LogP contribution < -0.4 is 31.2 Å². The first-order valence-corrected chi connectivity index (χ1v) is 13.0. The zero-order valence-corrected chi connectivity index (χ0v) is 21.4. The van der Waals surface area contributed by atoms with Crippen LogP contribution in [0, 0.1) is 20.8 Å². The number of fused-ring (bicyclic) bond motifs is 4. The number of aromatic amines is 2. The number of pyridine rings is 2. The van der Waals surface area contributed by atoms with Gasteiger partial charge in [-0.25, -0.2) is 0 Å². The van der Waals surface area contributed by atoms with Crippen molar-refractivity contribution in [2.75, 3.05) is 23.7 Å². The summed E-state index contributed by atoms with van der Waals surface area (Å²) in [7, 11) is 0. The minimum absolute atomic E-state index is 0.0462. The van der Waals surface area contributed by atoms with E-state index in [-0.39, 0.29) is 20.5 Å². The van der Waals surface area contributed by atoms with Gasteiger partial charge in [0, 0.05) is 47.0 Å². The second kappa shape index (κ2) is 10.4. The molecule has 2 aliphatic heterocycles. The van der Waals surface area contributed by atoms with Crippen molar-refractivity contribution in [2.45, 2.75) is 12.8 Å². The minimum atomic E-state index is -0.356. The van der Waals surface area contributed by atoms with Crippen LogP contribution in [0.2, 0.25) is 0 Å². The van der Waals surface area contributed by atoms with Crippen LogP contribution in [0.5, 0.6) is 0 Å². The Kier molecular flexibility index (Phi) is 6.49. The van der Waals surface area contributed by atoms with Gasteiger partial charge < -0.3 is 41.4 Å². The summed E-state index contributed by atoms with van der Waals surface area (Å²) in [5, 5.41) is 56.0. The Morgan fingerprint density at radius 3 is 1.38 bits per heavy atom. The SMILES string of the molecule is [O-][N+]([O-])=c1cccc2[nH]c3ccccc3c(NCCCCNc3c4c(=[N+]([O-])[O-])cccc-4[nH]c4ccccc34)c1-2. The second-order valence-electron chi connectivity index (χ2n) is 9.57. The summed E-state index contributed by atoms with van der Waals surface area (Å²) in [6.07, 6.45) is 1.55. The molecule has 10 heteroatoms. The van der Waals surface area contributed by atoms with Gasteiger partial charge in [0.1, 0.15) is 0 Å². The predicted molar refractivity (Wildman–Crippen MR) is 160 cm³/mol. The topological polar surface area (TPSA) is 154 Å². The Hall–Kier alpha value is -5.38.